The summed E-state index contributed by atoms with van der Waals surface area (Å²) < 4.78 is 23.3. The Hall–Kier alpha value is -2.37. The van der Waals surface area contributed by atoms with Crippen LogP contribution in [0.25, 0.3) is 0 Å². The van der Waals surface area contributed by atoms with Crippen LogP contribution in [0, 0.1) is 6.23 Å². The van der Waals surface area contributed by atoms with Gasteiger partial charge >= 0.3 is 0 Å². The highest BCUT2D eigenvalue weighted by Gasteiger charge is 2.41. The Morgan fingerprint density at radius 2 is 1.64 bits per heavy atom. The van der Waals surface area contributed by atoms with Gasteiger partial charge in [-0.15, -0.1) is 0 Å². The topological polar surface area (TPSA) is 41.4 Å². The molecular weight excluding hydrogens is 354 g/mol. The van der Waals surface area contributed by atoms with Crippen LogP contribution in [0.5, 0.6) is 17.2 Å². The van der Waals surface area contributed by atoms with Gasteiger partial charge in [0.15, 0.2) is 0 Å². The number of benzene rings is 2. The van der Waals surface area contributed by atoms with Crippen molar-refractivity contribution in [3.05, 3.63) is 59.8 Å². The summed E-state index contributed by atoms with van der Waals surface area (Å²) in [4.78, 5) is 1.24. The number of nitrogens with one attached hydrogen (secondary N) is 1. The predicted octanol–water partition coefficient (Wildman–Crippen LogP) is 3.22. The Morgan fingerprint density at radius 1 is 1.04 bits per heavy atom. The molecule has 1 unspecified atom stereocenters. The number of ether oxygens (including phenoxy) is 4. The van der Waals surface area contributed by atoms with Crippen molar-refractivity contribution < 1.29 is 23.8 Å². The molecule has 0 bridgehead atoms. The van der Waals surface area contributed by atoms with E-state index < -0.39 is 0 Å². The first kappa shape index (κ1) is 20.4. The van der Waals surface area contributed by atoms with Crippen LogP contribution < -0.4 is 19.1 Å². The zero-order valence-electron chi connectivity index (χ0n) is 17.7. The molecular formula is C23H31NO4. The Balaban J connectivity index is 1.88. The molecule has 5 heteroatoms. The van der Waals surface area contributed by atoms with Gasteiger partial charge in [0, 0.05) is 17.1 Å². The summed E-state index contributed by atoms with van der Waals surface area (Å²) in [5.74, 6) is 2.40. The lowest BCUT2D eigenvalue weighted by atomic mass is 10.1. The number of quaternary nitrogens is 1. The van der Waals surface area contributed by atoms with E-state index in [-0.39, 0.29) is 11.7 Å². The van der Waals surface area contributed by atoms with Crippen LogP contribution in [0.2, 0.25) is 0 Å². The summed E-state index contributed by atoms with van der Waals surface area (Å²) in [6, 6.07) is 14.1. The van der Waals surface area contributed by atoms with Gasteiger partial charge in [-0.1, -0.05) is 18.2 Å². The van der Waals surface area contributed by atoms with Crippen molar-refractivity contribution in [1.82, 2.24) is 0 Å². The lowest BCUT2D eigenvalue weighted by Gasteiger charge is -2.29. The monoisotopic (exact) mass is 385 g/mol. The maximum absolute atomic E-state index is 6.38. The molecule has 1 atom stereocenters. The van der Waals surface area contributed by atoms with Gasteiger partial charge in [0.2, 0.25) is 0 Å². The highest BCUT2D eigenvalue weighted by atomic mass is 16.5. The average molecular weight is 386 g/mol. The molecule has 0 saturated carbocycles. The maximum atomic E-state index is 6.38. The van der Waals surface area contributed by atoms with Crippen molar-refractivity contribution in [2.75, 3.05) is 20.8 Å². The summed E-state index contributed by atoms with van der Waals surface area (Å²) in [6.07, 6.45) is 1.03. The molecule has 0 aliphatic carbocycles. The van der Waals surface area contributed by atoms with E-state index >= 15 is 0 Å². The molecule has 152 valence electrons. The van der Waals surface area contributed by atoms with Crippen molar-refractivity contribution >= 4 is 0 Å². The minimum atomic E-state index is -0.267. The Bertz CT molecular complexity index is 763. The standard InChI is InChI=1S/C23H31NO4/c1-16(2)27-18-12-10-17(11-13-18)14-24-15-23(3,4)28-22(24)21-19(25-5)8-7-9-20(21)26-6/h7-13,16,24H,14-15H2,1-6H3. The van der Waals surface area contributed by atoms with Crippen LogP contribution in [0.15, 0.2) is 42.5 Å². The van der Waals surface area contributed by atoms with Crippen molar-refractivity contribution in [2.24, 2.45) is 0 Å². The Labute approximate surface area is 168 Å². The first-order chi connectivity index (χ1) is 13.3. The third-order valence-electron chi connectivity index (χ3n) is 4.71. The second-order valence-electron chi connectivity index (χ2n) is 8.00. The maximum Gasteiger partial charge on any atom is 0.149 e. The van der Waals surface area contributed by atoms with E-state index in [1.165, 1.54) is 10.5 Å². The van der Waals surface area contributed by atoms with Crippen LogP contribution in [-0.2, 0) is 11.3 Å². The lowest BCUT2D eigenvalue weighted by molar-refractivity contribution is -0.895. The van der Waals surface area contributed by atoms with Crippen molar-refractivity contribution in [2.45, 2.75) is 45.9 Å². The second-order valence-corrected chi connectivity index (χ2v) is 8.00. The second kappa shape index (κ2) is 8.33. The summed E-state index contributed by atoms with van der Waals surface area (Å²) >= 11 is 0. The van der Waals surface area contributed by atoms with Gasteiger partial charge in [-0.05, 0) is 57.5 Å². The highest BCUT2D eigenvalue weighted by molar-refractivity contribution is 5.50. The van der Waals surface area contributed by atoms with E-state index in [1.54, 1.807) is 14.2 Å². The Morgan fingerprint density at radius 3 is 2.18 bits per heavy atom. The van der Waals surface area contributed by atoms with Gasteiger partial charge in [-0.3, -0.25) is 0 Å². The van der Waals surface area contributed by atoms with Gasteiger partial charge in [0.25, 0.3) is 0 Å². The number of hydrogen-bond acceptors (Lipinski definition) is 4. The molecule has 1 aliphatic heterocycles. The van der Waals surface area contributed by atoms with E-state index in [0.717, 1.165) is 42.1 Å². The molecule has 0 radical (unpaired) electrons. The third-order valence-corrected chi connectivity index (χ3v) is 4.71. The largest absolute Gasteiger partial charge is 0.553 e. The summed E-state index contributed by atoms with van der Waals surface area (Å²) in [6.45, 7) is 9.95. The van der Waals surface area contributed by atoms with E-state index in [1.807, 2.05) is 44.2 Å². The SMILES string of the molecule is COc1cccc(OC)c1[C-]1OC(C)(C)C[NH+]1Cc1ccc(OC(C)C)cc1. The average Bonchev–Trinajstić information content (AvgIpc) is 2.96. The molecule has 0 amide bonds. The summed E-state index contributed by atoms with van der Waals surface area (Å²) in [7, 11) is 3.35. The van der Waals surface area contributed by atoms with Crippen molar-refractivity contribution in [1.29, 1.82) is 0 Å². The van der Waals surface area contributed by atoms with E-state index in [0.29, 0.717) is 0 Å². The fourth-order valence-electron chi connectivity index (χ4n) is 3.63. The first-order valence-electron chi connectivity index (χ1n) is 9.71. The zero-order chi connectivity index (χ0) is 20.3. The van der Waals surface area contributed by atoms with Crippen molar-refractivity contribution in [3.63, 3.8) is 0 Å². The molecule has 2 aromatic carbocycles. The normalized spacial score (nSPS) is 18.4. The van der Waals surface area contributed by atoms with E-state index in [9.17, 15) is 0 Å². The molecule has 1 heterocycles. The van der Waals surface area contributed by atoms with Crippen LogP contribution in [0.1, 0.15) is 38.8 Å². The summed E-state index contributed by atoms with van der Waals surface area (Å²) in [5, 5.41) is 0. The smallest absolute Gasteiger partial charge is 0.149 e. The molecule has 5 nitrogen and oxygen atoms in total. The number of hydrogen-bond donors (Lipinski definition) is 1. The molecule has 28 heavy (non-hydrogen) atoms. The van der Waals surface area contributed by atoms with E-state index in [4.69, 9.17) is 18.9 Å². The molecule has 0 spiro atoms. The van der Waals surface area contributed by atoms with Crippen LogP contribution >= 0.6 is 0 Å². The number of methoxy groups -OCH3 is 2. The zero-order valence-corrected chi connectivity index (χ0v) is 17.7. The quantitative estimate of drug-likeness (QED) is 0.743. The highest BCUT2D eigenvalue weighted by Crippen LogP contribution is 2.36. The van der Waals surface area contributed by atoms with Gasteiger partial charge in [-0.2, -0.15) is 0 Å². The molecule has 1 aliphatic rings. The molecule has 1 fully saturated rings. The fourth-order valence-corrected chi connectivity index (χ4v) is 3.63. The number of rotatable bonds is 7. The predicted molar refractivity (Wildman–Crippen MR) is 109 cm³/mol. The van der Waals surface area contributed by atoms with Crippen molar-refractivity contribution in [3.8, 4) is 17.2 Å². The minimum absolute atomic E-state index is 0.169. The van der Waals surface area contributed by atoms with Gasteiger partial charge in [0.05, 0.1) is 26.9 Å². The van der Waals surface area contributed by atoms with Gasteiger partial charge < -0.3 is 23.8 Å². The van der Waals surface area contributed by atoms with E-state index in [2.05, 4.69) is 26.0 Å². The van der Waals surface area contributed by atoms with Crippen LogP contribution in [0.4, 0.5) is 0 Å². The minimum Gasteiger partial charge on any atom is -0.553 e. The molecule has 1 N–H and O–H groups in total. The molecule has 2 aromatic rings. The Kier molecular flexibility index (Phi) is 6.06. The molecule has 3 rings (SSSR count). The van der Waals surface area contributed by atoms with Crippen LogP contribution in [0.3, 0.4) is 0 Å². The lowest BCUT2D eigenvalue weighted by Crippen LogP contribution is -3.10. The fraction of sp³-hybridized carbons (Fsp3) is 0.435. The van der Waals surface area contributed by atoms with Crippen LogP contribution in [-0.4, -0.2) is 32.5 Å². The molecule has 1 saturated heterocycles. The first-order valence-corrected chi connectivity index (χ1v) is 9.71. The third kappa shape index (κ3) is 4.54. The summed E-state index contributed by atoms with van der Waals surface area (Å²) in [5.41, 5.74) is 1.84. The van der Waals surface area contributed by atoms with Gasteiger partial charge in [-0.25, -0.2) is 0 Å². The van der Waals surface area contributed by atoms with Gasteiger partial charge in [0.1, 0.15) is 24.1 Å². The molecule has 0 aromatic heterocycles.